The van der Waals surface area contributed by atoms with E-state index in [1.54, 1.807) is 9.80 Å². The highest BCUT2D eigenvalue weighted by Crippen LogP contribution is 2.14. The Morgan fingerprint density at radius 2 is 1.60 bits per heavy atom. The van der Waals surface area contributed by atoms with Crippen LogP contribution in [0.5, 0.6) is 0 Å². The van der Waals surface area contributed by atoms with E-state index < -0.39 is 6.42 Å². The first kappa shape index (κ1) is 7.95. The molecule has 1 rings (SSSR count). The van der Waals surface area contributed by atoms with Gasteiger partial charge < -0.3 is 0 Å². The highest BCUT2D eigenvalue weighted by atomic mass is 19.1. The minimum atomic E-state index is -0.879. The molecule has 1 saturated heterocycles. The van der Waals surface area contributed by atoms with Gasteiger partial charge in [-0.25, -0.2) is 4.39 Å². The van der Waals surface area contributed by atoms with Crippen LogP contribution in [0, 0.1) is 5.92 Å². The molecule has 0 radical (unpaired) electrons. The van der Waals surface area contributed by atoms with Crippen LogP contribution in [-0.2, 0) is 0 Å². The summed E-state index contributed by atoms with van der Waals surface area (Å²) in [6.07, 6.45) is -0.879. The molecule has 1 fully saturated rings. The molecule has 0 amide bonds. The summed E-state index contributed by atoms with van der Waals surface area (Å²) in [6, 6.07) is 0. The van der Waals surface area contributed by atoms with Crippen LogP contribution >= 0.6 is 0 Å². The molecule has 0 aromatic rings. The summed E-state index contributed by atoms with van der Waals surface area (Å²) in [6.45, 7) is 3.87. The van der Waals surface area contributed by atoms with E-state index in [0.29, 0.717) is 5.92 Å². The monoisotopic (exact) mass is 146 g/mol. The Labute approximate surface area is 61.6 Å². The second-order valence-electron chi connectivity index (χ2n) is 3.29. The Hall–Kier alpha value is -0.150. The van der Waals surface area contributed by atoms with Crippen molar-refractivity contribution in [2.45, 2.75) is 13.3 Å². The molecular weight excluding hydrogens is 131 g/mol. The van der Waals surface area contributed by atoms with Gasteiger partial charge in [-0.05, 0) is 20.0 Å². The predicted octanol–water partition coefficient (Wildman–Crippen LogP) is 0.753. The molecule has 0 spiro atoms. The van der Waals surface area contributed by atoms with Gasteiger partial charge in [-0.15, -0.1) is 0 Å². The topological polar surface area (TPSA) is 6.48 Å². The molecule has 0 bridgehead atoms. The van der Waals surface area contributed by atoms with Crippen LogP contribution in [0.3, 0.4) is 0 Å². The maximum absolute atomic E-state index is 13.0. The van der Waals surface area contributed by atoms with Crippen LogP contribution in [0.2, 0.25) is 0 Å². The van der Waals surface area contributed by atoms with Gasteiger partial charge in [0, 0.05) is 13.1 Å². The molecule has 0 aromatic heterocycles. The second kappa shape index (κ2) is 2.84. The predicted molar refractivity (Wildman–Crippen MR) is 39.3 cm³/mol. The van der Waals surface area contributed by atoms with Crippen LogP contribution < -0.4 is 0 Å². The Balaban J connectivity index is 2.49. The van der Waals surface area contributed by atoms with Crippen LogP contribution in [0.4, 0.5) is 4.39 Å². The van der Waals surface area contributed by atoms with Crippen molar-refractivity contribution in [3.63, 3.8) is 0 Å². The molecule has 0 aliphatic carbocycles. The van der Waals surface area contributed by atoms with E-state index in [2.05, 4.69) is 6.92 Å². The van der Waals surface area contributed by atoms with Gasteiger partial charge in [0.15, 0.2) is 0 Å². The smallest absolute Gasteiger partial charge is 0.209 e. The fraction of sp³-hybridized carbons (Fsp3) is 1.00. The first-order chi connectivity index (χ1) is 4.61. The fourth-order valence-corrected chi connectivity index (χ4v) is 1.55. The van der Waals surface area contributed by atoms with E-state index in [4.69, 9.17) is 0 Å². The van der Waals surface area contributed by atoms with Gasteiger partial charge in [0.25, 0.3) is 0 Å². The highest BCUT2D eigenvalue weighted by molar-refractivity contribution is 4.71. The Morgan fingerprint density at radius 1 is 1.20 bits per heavy atom. The molecule has 0 N–H and O–H groups in total. The second-order valence-corrected chi connectivity index (χ2v) is 3.29. The van der Waals surface area contributed by atoms with Crippen molar-refractivity contribution in [2.24, 2.45) is 5.92 Å². The quantitative estimate of drug-likeness (QED) is 0.465. The largest absolute Gasteiger partial charge is 0.264 e. The zero-order valence-electron chi connectivity index (χ0n) is 6.84. The first-order valence-electron chi connectivity index (χ1n) is 3.66. The normalized spacial score (nSPS) is 38.4. The van der Waals surface area contributed by atoms with Gasteiger partial charge in [0.1, 0.15) is 0 Å². The number of hydrogen-bond acceptors (Lipinski definition) is 2. The summed E-state index contributed by atoms with van der Waals surface area (Å²) in [5.41, 5.74) is 0. The molecule has 0 saturated carbocycles. The molecule has 1 aliphatic heterocycles. The van der Waals surface area contributed by atoms with Gasteiger partial charge in [-0.1, -0.05) is 6.92 Å². The van der Waals surface area contributed by atoms with Gasteiger partial charge >= 0.3 is 0 Å². The molecule has 0 unspecified atom stereocenters. The molecule has 10 heavy (non-hydrogen) atoms. The summed E-state index contributed by atoms with van der Waals surface area (Å²) in [5, 5.41) is 0. The third-order valence-corrected chi connectivity index (χ3v) is 1.93. The summed E-state index contributed by atoms with van der Waals surface area (Å²) < 4.78 is 13.0. The van der Waals surface area contributed by atoms with Gasteiger partial charge in [0.2, 0.25) is 6.42 Å². The minimum Gasteiger partial charge on any atom is -0.264 e. The number of rotatable bonds is 0. The molecule has 3 heteroatoms. The fourth-order valence-electron chi connectivity index (χ4n) is 1.55. The van der Waals surface area contributed by atoms with Gasteiger partial charge in [0.05, 0.1) is 0 Å². The van der Waals surface area contributed by atoms with Crippen molar-refractivity contribution in [1.29, 1.82) is 0 Å². The molecule has 2 nitrogen and oxygen atoms in total. The van der Waals surface area contributed by atoms with Crippen molar-refractivity contribution in [3.8, 4) is 0 Å². The lowest BCUT2D eigenvalue weighted by Gasteiger charge is -2.37. The minimum absolute atomic E-state index is 0.585. The van der Waals surface area contributed by atoms with Crippen LogP contribution in [0.1, 0.15) is 6.92 Å². The van der Waals surface area contributed by atoms with Crippen molar-refractivity contribution in [3.05, 3.63) is 0 Å². The molecule has 0 atom stereocenters. The average Bonchev–Trinajstić information content (AvgIpc) is 1.82. The van der Waals surface area contributed by atoms with Crippen molar-refractivity contribution >= 4 is 0 Å². The van der Waals surface area contributed by atoms with Crippen molar-refractivity contribution < 1.29 is 4.39 Å². The highest BCUT2D eigenvalue weighted by Gasteiger charge is 2.26. The molecular formula is C7H15FN2. The van der Waals surface area contributed by atoms with E-state index in [1.165, 1.54) is 0 Å². The van der Waals surface area contributed by atoms with E-state index >= 15 is 0 Å². The lowest BCUT2D eigenvalue weighted by Crippen LogP contribution is -2.51. The summed E-state index contributed by atoms with van der Waals surface area (Å²) in [5.74, 6) is 0.585. The Kier molecular flexibility index (Phi) is 2.26. The van der Waals surface area contributed by atoms with Crippen LogP contribution in [-0.4, -0.2) is 43.4 Å². The lowest BCUT2D eigenvalue weighted by molar-refractivity contribution is -0.0698. The number of hydrogen-bond donors (Lipinski definition) is 0. The van der Waals surface area contributed by atoms with Gasteiger partial charge in [-0.3, -0.25) is 9.80 Å². The molecule has 1 heterocycles. The van der Waals surface area contributed by atoms with E-state index in [1.807, 2.05) is 14.1 Å². The number of alkyl halides is 1. The Morgan fingerprint density at radius 3 is 2.00 bits per heavy atom. The SMILES string of the molecule is CC1CN(C)C(F)N(C)C1. The standard InChI is InChI=1S/C7H15FN2/c1-6-4-9(2)7(8)10(3)5-6/h6-7H,4-5H2,1-3H3. The lowest BCUT2D eigenvalue weighted by atomic mass is 10.1. The maximum atomic E-state index is 13.0. The third-order valence-electron chi connectivity index (χ3n) is 1.93. The van der Waals surface area contributed by atoms with Crippen LogP contribution in [0.15, 0.2) is 0 Å². The van der Waals surface area contributed by atoms with E-state index in [9.17, 15) is 4.39 Å². The maximum Gasteiger partial charge on any atom is 0.209 e. The zero-order chi connectivity index (χ0) is 7.72. The Bertz CT molecular complexity index is 106. The number of halogens is 1. The average molecular weight is 146 g/mol. The van der Waals surface area contributed by atoms with Crippen LogP contribution in [0.25, 0.3) is 0 Å². The summed E-state index contributed by atoms with van der Waals surface area (Å²) >= 11 is 0. The molecule has 60 valence electrons. The van der Waals surface area contributed by atoms with E-state index in [0.717, 1.165) is 13.1 Å². The third kappa shape index (κ3) is 1.47. The van der Waals surface area contributed by atoms with Crippen molar-refractivity contribution in [2.75, 3.05) is 27.2 Å². The van der Waals surface area contributed by atoms with Crippen molar-refractivity contribution in [1.82, 2.24) is 9.80 Å². The molecule has 0 aromatic carbocycles. The summed E-state index contributed by atoms with van der Waals surface area (Å²) in [7, 11) is 3.63. The van der Waals surface area contributed by atoms with Gasteiger partial charge in [-0.2, -0.15) is 0 Å². The first-order valence-corrected chi connectivity index (χ1v) is 3.66. The zero-order valence-corrected chi connectivity index (χ0v) is 6.84. The molecule has 1 aliphatic rings. The number of nitrogens with zero attached hydrogens (tertiary/aromatic N) is 2. The van der Waals surface area contributed by atoms with E-state index in [-0.39, 0.29) is 0 Å². The summed E-state index contributed by atoms with van der Waals surface area (Å²) in [4.78, 5) is 3.46.